The quantitative estimate of drug-likeness (QED) is 0.766. The number of rotatable bonds is 1. The van der Waals surface area contributed by atoms with Crippen LogP contribution in [0.25, 0.3) is 5.70 Å². The van der Waals surface area contributed by atoms with Crippen LogP contribution in [0.2, 0.25) is 5.02 Å². The summed E-state index contributed by atoms with van der Waals surface area (Å²) in [6.07, 6.45) is 0. The third kappa shape index (κ3) is 4.22. The summed E-state index contributed by atoms with van der Waals surface area (Å²) in [6, 6.07) is 7.95. The van der Waals surface area contributed by atoms with Crippen molar-refractivity contribution in [3.8, 4) is 0 Å². The van der Waals surface area contributed by atoms with Gasteiger partial charge in [-0.3, -0.25) is 14.1 Å². The average molecular weight is 335 g/mol. The van der Waals surface area contributed by atoms with Crippen LogP contribution in [0.4, 0.5) is 0 Å². The standard InChI is InChI=1S/C11H9ClN2S.H2O4S/c12-9-3-1-8(2-4-9)10-7-15-11-13-5-6-14(10)11;1-5(2,3)4/h1-4,7H,5-6H2;(H2,1,2,3,4). The maximum absolute atomic E-state index is 8.74. The monoisotopic (exact) mass is 334 g/mol. The highest BCUT2D eigenvalue weighted by Crippen LogP contribution is 2.35. The van der Waals surface area contributed by atoms with Crippen LogP contribution in [0.15, 0.2) is 34.7 Å². The topological polar surface area (TPSA) is 90.2 Å². The summed E-state index contributed by atoms with van der Waals surface area (Å²) >= 11 is 7.57. The first kappa shape index (κ1) is 15.3. The third-order valence-corrected chi connectivity index (χ3v) is 3.66. The van der Waals surface area contributed by atoms with Crippen molar-refractivity contribution in [3.05, 3.63) is 40.3 Å². The molecule has 108 valence electrons. The van der Waals surface area contributed by atoms with E-state index in [9.17, 15) is 0 Å². The summed E-state index contributed by atoms with van der Waals surface area (Å²) in [6.45, 7) is 1.91. The fraction of sp³-hybridized carbons (Fsp3) is 0.182. The summed E-state index contributed by atoms with van der Waals surface area (Å²) in [4.78, 5) is 6.68. The van der Waals surface area contributed by atoms with Crippen LogP contribution in [-0.2, 0) is 10.4 Å². The maximum Gasteiger partial charge on any atom is 0.394 e. The second-order valence-electron chi connectivity index (χ2n) is 3.89. The average Bonchev–Trinajstić information content (AvgIpc) is 2.90. The van der Waals surface area contributed by atoms with E-state index in [1.165, 1.54) is 11.3 Å². The van der Waals surface area contributed by atoms with Gasteiger partial charge in [0.1, 0.15) is 0 Å². The molecule has 2 aliphatic rings. The lowest BCUT2D eigenvalue weighted by atomic mass is 10.1. The van der Waals surface area contributed by atoms with Crippen LogP contribution in [-0.4, -0.2) is 40.7 Å². The molecule has 3 rings (SSSR count). The van der Waals surface area contributed by atoms with Gasteiger partial charge in [0.25, 0.3) is 0 Å². The molecular weight excluding hydrogens is 324 g/mol. The highest BCUT2D eigenvalue weighted by Gasteiger charge is 2.26. The number of hydrogen-bond acceptors (Lipinski definition) is 5. The number of aliphatic imine (C=N–C) groups is 1. The van der Waals surface area contributed by atoms with Crippen molar-refractivity contribution in [2.45, 2.75) is 0 Å². The lowest BCUT2D eigenvalue weighted by Gasteiger charge is -2.16. The van der Waals surface area contributed by atoms with E-state index in [-0.39, 0.29) is 0 Å². The molecule has 0 fully saturated rings. The van der Waals surface area contributed by atoms with Gasteiger partial charge in [-0.05, 0) is 17.7 Å². The summed E-state index contributed by atoms with van der Waals surface area (Å²) in [5.41, 5.74) is 2.45. The van der Waals surface area contributed by atoms with Crippen molar-refractivity contribution < 1.29 is 17.5 Å². The molecule has 0 atom stereocenters. The molecule has 0 aromatic heterocycles. The molecule has 20 heavy (non-hydrogen) atoms. The van der Waals surface area contributed by atoms with Crippen molar-refractivity contribution in [1.29, 1.82) is 0 Å². The Morgan fingerprint density at radius 1 is 1.25 bits per heavy atom. The Bertz CT molecular complexity index is 648. The van der Waals surface area contributed by atoms with Crippen molar-refractivity contribution in [2.24, 2.45) is 4.99 Å². The fourth-order valence-electron chi connectivity index (χ4n) is 1.77. The van der Waals surface area contributed by atoms with Gasteiger partial charge in [0.15, 0.2) is 5.17 Å². The van der Waals surface area contributed by atoms with Crippen molar-refractivity contribution in [2.75, 3.05) is 13.1 Å². The van der Waals surface area contributed by atoms with Crippen molar-refractivity contribution >= 4 is 44.6 Å². The molecule has 1 aromatic rings. The Kier molecular flexibility index (Phi) is 4.71. The lowest BCUT2D eigenvalue weighted by Crippen LogP contribution is -2.19. The predicted octanol–water partition coefficient (Wildman–Crippen LogP) is 2.40. The van der Waals surface area contributed by atoms with Crippen LogP contribution in [0, 0.1) is 0 Å². The molecule has 2 heterocycles. The van der Waals surface area contributed by atoms with Crippen LogP contribution in [0.1, 0.15) is 5.56 Å². The minimum absolute atomic E-state index is 0.778. The summed E-state index contributed by atoms with van der Waals surface area (Å²) in [5.74, 6) is 0. The van der Waals surface area contributed by atoms with E-state index in [1.807, 2.05) is 12.1 Å². The first-order valence-electron chi connectivity index (χ1n) is 5.49. The number of amidine groups is 1. The Morgan fingerprint density at radius 3 is 2.45 bits per heavy atom. The SMILES string of the molecule is Clc1ccc(C2=CSC3=NCCN23)cc1.O=S(=O)(O)O. The van der Waals surface area contributed by atoms with E-state index >= 15 is 0 Å². The van der Waals surface area contributed by atoms with E-state index in [2.05, 4.69) is 27.4 Å². The molecule has 0 aliphatic carbocycles. The van der Waals surface area contributed by atoms with E-state index in [0.29, 0.717) is 0 Å². The maximum atomic E-state index is 8.74. The van der Waals surface area contributed by atoms with Gasteiger partial charge < -0.3 is 4.90 Å². The van der Waals surface area contributed by atoms with Gasteiger partial charge in [-0.1, -0.05) is 35.5 Å². The minimum Gasteiger partial charge on any atom is -0.318 e. The van der Waals surface area contributed by atoms with E-state index < -0.39 is 10.4 Å². The number of nitrogens with zero attached hydrogens (tertiary/aromatic N) is 2. The van der Waals surface area contributed by atoms with Gasteiger partial charge in [0, 0.05) is 17.0 Å². The first-order chi connectivity index (χ1) is 9.34. The first-order valence-corrected chi connectivity index (χ1v) is 8.15. The predicted molar refractivity (Wildman–Crippen MR) is 80.2 cm³/mol. The summed E-state index contributed by atoms with van der Waals surface area (Å²) in [7, 11) is -4.67. The number of thioether (sulfide) groups is 1. The number of hydrogen-bond donors (Lipinski definition) is 2. The second kappa shape index (κ2) is 6.15. The minimum atomic E-state index is -4.67. The van der Waals surface area contributed by atoms with E-state index in [4.69, 9.17) is 29.1 Å². The zero-order valence-electron chi connectivity index (χ0n) is 10.1. The summed E-state index contributed by atoms with van der Waals surface area (Å²) < 4.78 is 31.6. The molecule has 6 nitrogen and oxygen atoms in total. The van der Waals surface area contributed by atoms with Gasteiger partial charge in [0.05, 0.1) is 12.2 Å². The van der Waals surface area contributed by atoms with Gasteiger partial charge in [0.2, 0.25) is 0 Å². The molecule has 0 unspecified atom stereocenters. The Hall–Kier alpha value is -1.06. The van der Waals surface area contributed by atoms with Crippen LogP contribution in [0.5, 0.6) is 0 Å². The summed E-state index contributed by atoms with van der Waals surface area (Å²) in [5, 5.41) is 4.06. The fourth-order valence-corrected chi connectivity index (χ4v) is 2.86. The number of benzene rings is 1. The van der Waals surface area contributed by atoms with Crippen molar-refractivity contribution in [1.82, 2.24) is 4.90 Å². The molecule has 0 spiro atoms. The molecule has 2 N–H and O–H groups in total. The van der Waals surface area contributed by atoms with Crippen LogP contribution in [0.3, 0.4) is 0 Å². The molecule has 0 bridgehead atoms. The highest BCUT2D eigenvalue weighted by molar-refractivity contribution is 8.16. The molecule has 0 saturated heterocycles. The molecule has 0 amide bonds. The van der Waals surface area contributed by atoms with E-state index in [0.717, 1.165) is 23.3 Å². The van der Waals surface area contributed by atoms with Crippen molar-refractivity contribution in [3.63, 3.8) is 0 Å². The van der Waals surface area contributed by atoms with Crippen LogP contribution < -0.4 is 0 Å². The Morgan fingerprint density at radius 2 is 1.85 bits per heavy atom. The molecule has 0 saturated carbocycles. The van der Waals surface area contributed by atoms with Gasteiger partial charge in [-0.2, -0.15) is 8.42 Å². The molecule has 2 aliphatic heterocycles. The lowest BCUT2D eigenvalue weighted by molar-refractivity contribution is 0.381. The third-order valence-electron chi connectivity index (χ3n) is 2.51. The van der Waals surface area contributed by atoms with Gasteiger partial charge in [-0.15, -0.1) is 0 Å². The van der Waals surface area contributed by atoms with E-state index in [1.54, 1.807) is 11.8 Å². The second-order valence-corrected chi connectivity index (χ2v) is 6.06. The zero-order valence-corrected chi connectivity index (χ0v) is 12.5. The zero-order chi connectivity index (χ0) is 14.8. The Labute approximate surface area is 125 Å². The van der Waals surface area contributed by atoms with Gasteiger partial charge in [-0.25, -0.2) is 0 Å². The van der Waals surface area contributed by atoms with Crippen LogP contribution >= 0.6 is 23.4 Å². The number of halogens is 1. The molecule has 0 radical (unpaired) electrons. The largest absolute Gasteiger partial charge is 0.394 e. The molecule has 9 heteroatoms. The normalized spacial score (nSPS) is 17.1. The number of fused-ring (bicyclic) bond motifs is 1. The molecule has 1 aromatic carbocycles. The highest BCUT2D eigenvalue weighted by atomic mass is 35.5. The Balaban J connectivity index is 0.000000257. The molecular formula is C11H11ClN2O4S2. The van der Waals surface area contributed by atoms with Gasteiger partial charge >= 0.3 is 10.4 Å². The smallest absolute Gasteiger partial charge is 0.318 e.